The molecule has 0 aliphatic rings. The van der Waals surface area contributed by atoms with Crippen LogP contribution in [0, 0.1) is 0 Å². The van der Waals surface area contributed by atoms with Crippen LogP contribution in [0.15, 0.2) is 41.9 Å². The Labute approximate surface area is 125 Å². The zero-order chi connectivity index (χ0) is 14.7. The number of thiazole rings is 1. The number of nitrogens with two attached hydrogens (primary N) is 1. The third-order valence-electron chi connectivity index (χ3n) is 3.02. The maximum absolute atomic E-state index is 12.1. The molecule has 2 heterocycles. The average Bonchev–Trinajstić information content (AvgIpc) is 2.95. The van der Waals surface area contributed by atoms with E-state index in [2.05, 4.69) is 15.3 Å². The SMILES string of the molecule is NCc1nc(CC(=O)Nc2cccc3cccnc23)cs1. The Hall–Kier alpha value is -2.31. The highest BCUT2D eigenvalue weighted by Gasteiger charge is 2.09. The van der Waals surface area contributed by atoms with Gasteiger partial charge in [-0.1, -0.05) is 18.2 Å². The van der Waals surface area contributed by atoms with Crippen molar-refractivity contribution in [2.75, 3.05) is 5.32 Å². The van der Waals surface area contributed by atoms with Crippen LogP contribution in [-0.2, 0) is 17.8 Å². The molecule has 0 bridgehead atoms. The summed E-state index contributed by atoms with van der Waals surface area (Å²) in [7, 11) is 0. The van der Waals surface area contributed by atoms with E-state index in [4.69, 9.17) is 5.73 Å². The quantitative estimate of drug-likeness (QED) is 0.774. The summed E-state index contributed by atoms with van der Waals surface area (Å²) in [4.78, 5) is 20.7. The number of nitrogens with zero attached hydrogens (tertiary/aromatic N) is 2. The van der Waals surface area contributed by atoms with Crippen molar-refractivity contribution < 1.29 is 4.79 Å². The Balaban J connectivity index is 1.77. The number of anilines is 1. The molecule has 3 rings (SSSR count). The van der Waals surface area contributed by atoms with Gasteiger partial charge < -0.3 is 11.1 Å². The van der Waals surface area contributed by atoms with E-state index in [1.165, 1.54) is 11.3 Å². The van der Waals surface area contributed by atoms with E-state index < -0.39 is 0 Å². The third-order valence-corrected chi connectivity index (χ3v) is 3.94. The number of rotatable bonds is 4. The molecule has 6 heteroatoms. The molecule has 3 N–H and O–H groups in total. The summed E-state index contributed by atoms with van der Waals surface area (Å²) in [5.41, 5.74) is 7.76. The van der Waals surface area contributed by atoms with Gasteiger partial charge in [-0.25, -0.2) is 4.98 Å². The summed E-state index contributed by atoms with van der Waals surface area (Å²) in [6.07, 6.45) is 1.95. The second-order valence-electron chi connectivity index (χ2n) is 4.54. The fourth-order valence-electron chi connectivity index (χ4n) is 2.09. The maximum atomic E-state index is 12.1. The minimum Gasteiger partial charge on any atom is -0.325 e. The Bertz CT molecular complexity index is 779. The zero-order valence-electron chi connectivity index (χ0n) is 11.2. The molecule has 0 saturated heterocycles. The summed E-state index contributed by atoms with van der Waals surface area (Å²) in [6, 6.07) is 9.55. The number of hydrogen-bond donors (Lipinski definition) is 2. The van der Waals surface area contributed by atoms with Crippen LogP contribution in [-0.4, -0.2) is 15.9 Å². The van der Waals surface area contributed by atoms with Gasteiger partial charge >= 0.3 is 0 Å². The first-order valence-electron chi connectivity index (χ1n) is 6.53. The Morgan fingerprint density at radius 1 is 1.29 bits per heavy atom. The van der Waals surface area contributed by atoms with Gasteiger partial charge in [0.05, 0.1) is 23.3 Å². The first-order chi connectivity index (χ1) is 10.3. The average molecular weight is 298 g/mol. The van der Waals surface area contributed by atoms with E-state index in [1.54, 1.807) is 6.20 Å². The first-order valence-corrected chi connectivity index (χ1v) is 7.41. The number of benzene rings is 1. The summed E-state index contributed by atoms with van der Waals surface area (Å²) in [5, 5.41) is 6.59. The standard InChI is InChI=1S/C15H14N4OS/c16-8-14-18-11(9-21-14)7-13(20)19-12-5-1-3-10-4-2-6-17-15(10)12/h1-6,9H,7-8,16H2,(H,19,20). The minimum atomic E-state index is -0.109. The third kappa shape index (κ3) is 3.07. The van der Waals surface area contributed by atoms with Crippen molar-refractivity contribution in [2.45, 2.75) is 13.0 Å². The van der Waals surface area contributed by atoms with E-state index in [0.29, 0.717) is 12.2 Å². The van der Waals surface area contributed by atoms with Crippen LogP contribution in [0.2, 0.25) is 0 Å². The van der Waals surface area contributed by atoms with Crippen molar-refractivity contribution in [3.8, 4) is 0 Å². The van der Waals surface area contributed by atoms with Crippen LogP contribution in [0.5, 0.6) is 0 Å². The van der Waals surface area contributed by atoms with Crippen molar-refractivity contribution in [3.63, 3.8) is 0 Å². The molecular formula is C15H14N4OS. The molecule has 1 amide bonds. The Morgan fingerprint density at radius 2 is 2.14 bits per heavy atom. The van der Waals surface area contributed by atoms with E-state index >= 15 is 0 Å². The minimum absolute atomic E-state index is 0.109. The number of para-hydroxylation sites is 1. The van der Waals surface area contributed by atoms with Crippen LogP contribution in [0.4, 0.5) is 5.69 Å². The van der Waals surface area contributed by atoms with Crippen LogP contribution in [0.1, 0.15) is 10.7 Å². The van der Waals surface area contributed by atoms with Crippen molar-refractivity contribution >= 4 is 33.8 Å². The highest BCUT2D eigenvalue weighted by atomic mass is 32.1. The second-order valence-corrected chi connectivity index (χ2v) is 5.49. The topological polar surface area (TPSA) is 80.9 Å². The molecule has 0 unspecified atom stereocenters. The predicted molar refractivity (Wildman–Crippen MR) is 84.1 cm³/mol. The predicted octanol–water partition coefficient (Wildman–Crippen LogP) is 2.33. The number of amides is 1. The van der Waals surface area contributed by atoms with Crippen molar-refractivity contribution in [1.29, 1.82) is 0 Å². The zero-order valence-corrected chi connectivity index (χ0v) is 12.1. The number of hydrogen-bond acceptors (Lipinski definition) is 5. The molecule has 0 fully saturated rings. The number of pyridine rings is 1. The molecule has 0 atom stereocenters. The summed E-state index contributed by atoms with van der Waals surface area (Å²) in [5.74, 6) is -0.109. The van der Waals surface area contributed by atoms with Crippen molar-refractivity contribution in [2.24, 2.45) is 5.73 Å². The number of nitrogens with one attached hydrogen (secondary N) is 1. The molecule has 5 nitrogen and oxygen atoms in total. The number of carbonyl (C=O) groups excluding carboxylic acids is 1. The van der Waals surface area contributed by atoms with Gasteiger partial charge in [-0.05, 0) is 12.1 Å². The van der Waals surface area contributed by atoms with Gasteiger partial charge in [-0.2, -0.15) is 0 Å². The van der Waals surface area contributed by atoms with Gasteiger partial charge in [0.15, 0.2) is 0 Å². The van der Waals surface area contributed by atoms with Crippen LogP contribution < -0.4 is 11.1 Å². The van der Waals surface area contributed by atoms with Crippen LogP contribution in [0.25, 0.3) is 10.9 Å². The van der Waals surface area contributed by atoms with Gasteiger partial charge in [0.1, 0.15) is 5.01 Å². The molecular weight excluding hydrogens is 284 g/mol. The van der Waals surface area contributed by atoms with Gasteiger partial charge in [0.25, 0.3) is 0 Å². The molecule has 0 saturated carbocycles. The fraction of sp³-hybridized carbons (Fsp3) is 0.133. The maximum Gasteiger partial charge on any atom is 0.230 e. The molecule has 1 aromatic carbocycles. The Kier molecular flexibility index (Phi) is 3.89. The van der Waals surface area contributed by atoms with Gasteiger partial charge in [0.2, 0.25) is 5.91 Å². The summed E-state index contributed by atoms with van der Waals surface area (Å²) in [6.45, 7) is 0.402. The Morgan fingerprint density at radius 3 is 2.95 bits per heavy atom. The number of aromatic nitrogens is 2. The molecule has 2 aromatic heterocycles. The fourth-order valence-corrected chi connectivity index (χ4v) is 2.76. The second kappa shape index (κ2) is 5.99. The van der Waals surface area contributed by atoms with Crippen LogP contribution >= 0.6 is 11.3 Å². The highest BCUT2D eigenvalue weighted by molar-refractivity contribution is 7.09. The lowest BCUT2D eigenvalue weighted by molar-refractivity contribution is -0.115. The smallest absolute Gasteiger partial charge is 0.230 e. The molecule has 0 aliphatic heterocycles. The summed E-state index contributed by atoms with van der Waals surface area (Å²) < 4.78 is 0. The monoisotopic (exact) mass is 298 g/mol. The normalized spacial score (nSPS) is 10.7. The van der Waals surface area contributed by atoms with Crippen LogP contribution in [0.3, 0.4) is 0 Å². The van der Waals surface area contributed by atoms with E-state index in [-0.39, 0.29) is 12.3 Å². The molecule has 3 aromatic rings. The largest absolute Gasteiger partial charge is 0.325 e. The van der Waals surface area contributed by atoms with Gasteiger partial charge in [-0.15, -0.1) is 11.3 Å². The van der Waals surface area contributed by atoms with E-state index in [1.807, 2.05) is 35.7 Å². The van der Waals surface area contributed by atoms with E-state index in [9.17, 15) is 4.79 Å². The summed E-state index contributed by atoms with van der Waals surface area (Å²) >= 11 is 1.47. The lowest BCUT2D eigenvalue weighted by Gasteiger charge is -2.07. The molecule has 0 radical (unpaired) electrons. The lowest BCUT2D eigenvalue weighted by Crippen LogP contribution is -2.15. The molecule has 106 valence electrons. The van der Waals surface area contributed by atoms with Crippen molar-refractivity contribution in [1.82, 2.24) is 9.97 Å². The van der Waals surface area contributed by atoms with E-state index in [0.717, 1.165) is 21.6 Å². The van der Waals surface area contributed by atoms with Gasteiger partial charge in [-0.3, -0.25) is 9.78 Å². The number of fused-ring (bicyclic) bond motifs is 1. The van der Waals surface area contributed by atoms with Gasteiger partial charge in [0, 0.05) is 23.5 Å². The van der Waals surface area contributed by atoms with Crippen molar-refractivity contribution in [3.05, 3.63) is 52.6 Å². The lowest BCUT2D eigenvalue weighted by atomic mass is 10.2. The first kappa shape index (κ1) is 13.7. The molecule has 0 aliphatic carbocycles. The number of carbonyl (C=O) groups is 1. The molecule has 0 spiro atoms. The molecule has 21 heavy (non-hydrogen) atoms. The highest BCUT2D eigenvalue weighted by Crippen LogP contribution is 2.21.